The van der Waals surface area contributed by atoms with Gasteiger partial charge < -0.3 is 14.8 Å². The van der Waals surface area contributed by atoms with E-state index in [1.807, 2.05) is 0 Å². The third-order valence-electron chi connectivity index (χ3n) is 5.28. The first-order valence-corrected chi connectivity index (χ1v) is 10.5. The van der Waals surface area contributed by atoms with Crippen molar-refractivity contribution in [2.75, 3.05) is 19.6 Å². The molecule has 1 N–H and O–H groups in total. The van der Waals surface area contributed by atoms with E-state index in [9.17, 15) is 4.79 Å². The van der Waals surface area contributed by atoms with Gasteiger partial charge in [0.05, 0.1) is 6.54 Å². The van der Waals surface area contributed by atoms with E-state index in [4.69, 9.17) is 0 Å². The largest absolute Gasteiger partial charge is 0.343 e. The Hall–Kier alpha value is -2.54. The maximum Gasteiger partial charge on any atom is 0.270 e. The fourth-order valence-corrected chi connectivity index (χ4v) is 3.68. The van der Waals surface area contributed by atoms with E-state index in [-0.39, 0.29) is 5.91 Å². The minimum Gasteiger partial charge on any atom is -0.343 e. The molecule has 1 unspecified atom stereocenters. The molecule has 1 aliphatic heterocycles. The number of carbonyl (C=O) groups is 1. The average Bonchev–Trinajstić information content (AvgIpc) is 2.99. The third-order valence-corrected chi connectivity index (χ3v) is 5.28. The van der Waals surface area contributed by atoms with E-state index in [1.54, 1.807) is 24.4 Å². The van der Waals surface area contributed by atoms with Gasteiger partial charge in [-0.25, -0.2) is 0 Å². The molecule has 1 aliphatic rings. The molecule has 0 bridgehead atoms. The number of nitrogens with one attached hydrogen (secondary N) is 1. The molecule has 2 aromatic heterocycles. The van der Waals surface area contributed by atoms with Crippen molar-refractivity contribution in [1.82, 2.24) is 30.0 Å². The van der Waals surface area contributed by atoms with E-state index in [0.29, 0.717) is 18.2 Å². The zero-order chi connectivity index (χ0) is 20.6. The highest BCUT2D eigenvalue weighted by Crippen LogP contribution is 2.14. The highest BCUT2D eigenvalue weighted by molar-refractivity contribution is 5.92. The van der Waals surface area contributed by atoms with Crippen molar-refractivity contribution in [1.29, 1.82) is 0 Å². The molecule has 0 aromatic carbocycles. The number of rotatable bonds is 8. The zero-order valence-corrected chi connectivity index (χ0v) is 17.8. The molecule has 1 amide bonds. The highest BCUT2D eigenvalue weighted by atomic mass is 16.1. The molecule has 3 heterocycles. The zero-order valence-electron chi connectivity index (χ0n) is 17.8. The Labute approximate surface area is 173 Å². The van der Waals surface area contributed by atoms with Crippen LogP contribution in [-0.2, 0) is 19.5 Å². The van der Waals surface area contributed by atoms with Crippen LogP contribution in [0.2, 0.25) is 0 Å². The van der Waals surface area contributed by atoms with Crippen molar-refractivity contribution in [2.45, 2.75) is 53.1 Å². The Morgan fingerprint density at radius 3 is 2.86 bits per heavy atom. The van der Waals surface area contributed by atoms with Crippen LogP contribution >= 0.6 is 0 Å². The normalized spacial score (nSPS) is 15.3. The van der Waals surface area contributed by atoms with Crippen molar-refractivity contribution in [2.24, 2.45) is 5.92 Å². The van der Waals surface area contributed by atoms with Crippen LogP contribution in [-0.4, -0.2) is 50.2 Å². The number of nitrogens with zero attached hydrogens (tertiary/aromatic N) is 5. The van der Waals surface area contributed by atoms with Crippen LogP contribution < -0.4 is 5.32 Å². The number of amides is 1. The lowest BCUT2D eigenvalue weighted by Crippen LogP contribution is -2.32. The molecule has 3 rings (SSSR count). The average molecular weight is 397 g/mol. The predicted molar refractivity (Wildman–Crippen MR) is 113 cm³/mol. The van der Waals surface area contributed by atoms with Gasteiger partial charge in [0.1, 0.15) is 11.5 Å². The van der Waals surface area contributed by atoms with E-state index < -0.39 is 0 Å². The number of pyridine rings is 1. The maximum atomic E-state index is 12.2. The van der Waals surface area contributed by atoms with E-state index in [2.05, 4.69) is 56.8 Å². The molecule has 29 heavy (non-hydrogen) atoms. The van der Waals surface area contributed by atoms with Crippen LogP contribution in [0.15, 0.2) is 36.0 Å². The molecule has 0 saturated carbocycles. The van der Waals surface area contributed by atoms with Crippen LogP contribution in [0.5, 0.6) is 0 Å². The summed E-state index contributed by atoms with van der Waals surface area (Å²) in [4.78, 5) is 18.8. The van der Waals surface area contributed by atoms with Crippen molar-refractivity contribution in [3.8, 4) is 0 Å². The summed E-state index contributed by atoms with van der Waals surface area (Å²) in [5.74, 6) is 2.30. The lowest BCUT2D eigenvalue weighted by molar-refractivity contribution is 0.0944. The molecule has 2 aromatic rings. The summed E-state index contributed by atoms with van der Waals surface area (Å²) in [5.41, 5.74) is 1.81. The summed E-state index contributed by atoms with van der Waals surface area (Å²) in [7, 11) is 0. The molecule has 156 valence electrons. The topological polar surface area (TPSA) is 75.9 Å². The van der Waals surface area contributed by atoms with Gasteiger partial charge in [-0.2, -0.15) is 0 Å². The van der Waals surface area contributed by atoms with Gasteiger partial charge >= 0.3 is 0 Å². The first-order valence-electron chi connectivity index (χ1n) is 10.5. The lowest BCUT2D eigenvalue weighted by atomic mass is 10.0. The lowest BCUT2D eigenvalue weighted by Gasteiger charge is -2.23. The van der Waals surface area contributed by atoms with Gasteiger partial charge in [-0.1, -0.05) is 24.6 Å². The Balaban J connectivity index is 1.51. The Morgan fingerprint density at radius 2 is 2.10 bits per heavy atom. The summed E-state index contributed by atoms with van der Waals surface area (Å²) >= 11 is 0. The molecular weight excluding hydrogens is 364 g/mol. The second-order valence-electron chi connectivity index (χ2n) is 8.10. The maximum absolute atomic E-state index is 12.2. The molecule has 1 atom stereocenters. The summed E-state index contributed by atoms with van der Waals surface area (Å²) in [6.45, 7) is 11.0. The second-order valence-corrected chi connectivity index (χ2v) is 8.10. The molecule has 0 saturated heterocycles. The first-order chi connectivity index (χ1) is 14.0. The van der Waals surface area contributed by atoms with Gasteiger partial charge in [0.25, 0.3) is 5.91 Å². The molecule has 7 nitrogen and oxygen atoms in total. The van der Waals surface area contributed by atoms with Crippen molar-refractivity contribution in [3.63, 3.8) is 0 Å². The fourth-order valence-electron chi connectivity index (χ4n) is 3.68. The minimum atomic E-state index is -0.191. The van der Waals surface area contributed by atoms with Crippen molar-refractivity contribution < 1.29 is 4.79 Å². The predicted octanol–water partition coefficient (Wildman–Crippen LogP) is 2.84. The first kappa shape index (κ1) is 21.2. The van der Waals surface area contributed by atoms with Gasteiger partial charge in [0.2, 0.25) is 0 Å². The number of carbonyl (C=O) groups excluding carboxylic acids is 1. The smallest absolute Gasteiger partial charge is 0.270 e. The SMILES string of the molecule is CC(C)=CCCC(C)CN1CCc2nnc(CNC(=O)c3ccccn3)n2CC1. The van der Waals surface area contributed by atoms with Gasteiger partial charge in [0, 0.05) is 38.8 Å². The number of hydrogen-bond acceptors (Lipinski definition) is 5. The Morgan fingerprint density at radius 1 is 1.24 bits per heavy atom. The Bertz CT molecular complexity index is 825. The number of hydrogen-bond donors (Lipinski definition) is 1. The quantitative estimate of drug-likeness (QED) is 0.695. The van der Waals surface area contributed by atoms with E-state index in [0.717, 1.165) is 50.7 Å². The van der Waals surface area contributed by atoms with E-state index in [1.165, 1.54) is 12.0 Å². The standard InChI is InChI=1S/C22H32N6O/c1-17(2)7-6-8-18(3)16-27-12-10-20-25-26-21(28(20)14-13-27)15-24-22(29)19-9-4-5-11-23-19/h4-5,7,9,11,18H,6,8,10,12-16H2,1-3H3,(H,24,29). The van der Waals surface area contributed by atoms with Crippen LogP contribution in [0.1, 0.15) is 55.8 Å². The summed E-state index contributed by atoms with van der Waals surface area (Å²) in [5, 5.41) is 11.6. The molecule has 0 aliphatic carbocycles. The fraction of sp³-hybridized carbons (Fsp3) is 0.545. The van der Waals surface area contributed by atoms with Crippen molar-refractivity contribution >= 4 is 5.91 Å². The van der Waals surface area contributed by atoms with Crippen LogP contribution in [0.3, 0.4) is 0 Å². The summed E-state index contributed by atoms with van der Waals surface area (Å²) < 4.78 is 2.16. The molecule has 0 spiro atoms. The summed E-state index contributed by atoms with van der Waals surface area (Å²) in [6.07, 6.45) is 7.21. The number of allylic oxidation sites excluding steroid dienone is 2. The highest BCUT2D eigenvalue weighted by Gasteiger charge is 2.20. The van der Waals surface area contributed by atoms with Crippen LogP contribution in [0, 0.1) is 5.92 Å². The van der Waals surface area contributed by atoms with Gasteiger partial charge in [-0.15, -0.1) is 10.2 Å². The van der Waals surface area contributed by atoms with E-state index >= 15 is 0 Å². The molecule has 0 radical (unpaired) electrons. The van der Waals surface area contributed by atoms with Gasteiger partial charge in [0.15, 0.2) is 5.82 Å². The third kappa shape index (κ3) is 6.22. The monoisotopic (exact) mass is 396 g/mol. The number of aromatic nitrogens is 4. The Kier molecular flexibility index (Phi) is 7.52. The minimum absolute atomic E-state index is 0.191. The molecular formula is C22H32N6O. The number of fused-ring (bicyclic) bond motifs is 1. The van der Waals surface area contributed by atoms with Gasteiger partial charge in [-0.3, -0.25) is 9.78 Å². The molecule has 7 heteroatoms. The van der Waals surface area contributed by atoms with Crippen molar-refractivity contribution in [3.05, 3.63) is 53.4 Å². The second kappa shape index (κ2) is 10.3. The van der Waals surface area contributed by atoms with Crippen LogP contribution in [0.25, 0.3) is 0 Å². The molecule has 0 fully saturated rings. The summed E-state index contributed by atoms with van der Waals surface area (Å²) in [6, 6.07) is 5.31. The van der Waals surface area contributed by atoms with Gasteiger partial charge in [-0.05, 0) is 44.7 Å². The van der Waals surface area contributed by atoms with Crippen LogP contribution in [0.4, 0.5) is 0 Å².